The maximum atomic E-state index is 4.82. The number of hydrogen-bond donors (Lipinski definition) is 0. The maximum Gasteiger partial charge on any atom is 0.118 e. The number of allylic oxidation sites excluding steroid dienone is 5. The van der Waals surface area contributed by atoms with Crippen LogP contribution in [0.5, 0.6) is 0 Å². The van der Waals surface area contributed by atoms with E-state index in [9.17, 15) is 0 Å². The standard InChI is InChI=1S/C46H32N4S/c1-3-15-39-35(13-1)36-14-2-4-16-40(36)49(39)34-20-22-44-38(28-34)37-27-32(19-21-43(37)51-44)30-10-5-9-29(25-30)31-11-6-12-33(26-31)50-41-17-7-23-47-45(41)46-42(50)18-8-24-48-46/h1-25,27-28,31,41,45H,26H2. The number of para-hydroxylation sites is 2. The lowest BCUT2D eigenvalue weighted by Gasteiger charge is -2.33. The lowest BCUT2D eigenvalue weighted by Crippen LogP contribution is -2.33. The fourth-order valence-electron chi connectivity index (χ4n) is 8.61. The van der Waals surface area contributed by atoms with Gasteiger partial charge in [-0.15, -0.1) is 11.3 Å². The molecule has 5 aromatic carbocycles. The Hall–Kier alpha value is -6.04. The summed E-state index contributed by atoms with van der Waals surface area (Å²) in [5, 5.41) is 5.18. The highest BCUT2D eigenvalue weighted by atomic mass is 32.1. The molecule has 5 heteroatoms. The van der Waals surface area contributed by atoms with E-state index in [0.29, 0.717) is 0 Å². The van der Waals surface area contributed by atoms with Crippen LogP contribution in [0.25, 0.3) is 58.8 Å². The molecule has 242 valence electrons. The molecule has 5 heterocycles. The minimum Gasteiger partial charge on any atom is -0.334 e. The van der Waals surface area contributed by atoms with Gasteiger partial charge in [0.05, 0.1) is 28.5 Å². The Morgan fingerprint density at radius 3 is 2.29 bits per heavy atom. The summed E-state index contributed by atoms with van der Waals surface area (Å²) in [6.45, 7) is 0. The second-order valence-electron chi connectivity index (χ2n) is 13.7. The van der Waals surface area contributed by atoms with Crippen LogP contribution in [0.15, 0.2) is 169 Å². The summed E-state index contributed by atoms with van der Waals surface area (Å²) in [6, 6.07) is 45.0. The van der Waals surface area contributed by atoms with Gasteiger partial charge in [0, 0.05) is 60.7 Å². The molecule has 2 aliphatic heterocycles. The van der Waals surface area contributed by atoms with Gasteiger partial charge in [-0.05, 0) is 89.9 Å². The summed E-state index contributed by atoms with van der Waals surface area (Å²) >= 11 is 1.87. The Morgan fingerprint density at radius 1 is 0.647 bits per heavy atom. The number of fused-ring (bicyclic) bond motifs is 9. The van der Waals surface area contributed by atoms with Gasteiger partial charge in [-0.1, -0.05) is 85.0 Å². The van der Waals surface area contributed by atoms with E-state index in [1.54, 1.807) is 0 Å². The zero-order chi connectivity index (χ0) is 33.5. The Bertz CT molecular complexity index is 2780. The summed E-state index contributed by atoms with van der Waals surface area (Å²) in [5.41, 5.74) is 11.0. The molecule has 3 aromatic heterocycles. The van der Waals surface area contributed by atoms with Gasteiger partial charge in [0.2, 0.25) is 0 Å². The van der Waals surface area contributed by atoms with Crippen molar-refractivity contribution in [3.05, 3.63) is 175 Å². The smallest absolute Gasteiger partial charge is 0.118 e. The summed E-state index contributed by atoms with van der Waals surface area (Å²) < 4.78 is 5.04. The van der Waals surface area contributed by atoms with Gasteiger partial charge < -0.3 is 9.47 Å². The second-order valence-corrected chi connectivity index (χ2v) is 14.8. The normalized spacial score (nSPS) is 19.3. The number of pyridine rings is 1. The quantitative estimate of drug-likeness (QED) is 0.186. The number of benzene rings is 5. The summed E-state index contributed by atoms with van der Waals surface area (Å²) in [4.78, 5) is 12.0. The van der Waals surface area contributed by atoms with Gasteiger partial charge in [-0.25, -0.2) is 0 Å². The Balaban J connectivity index is 0.949. The van der Waals surface area contributed by atoms with Crippen LogP contribution in [-0.4, -0.2) is 21.8 Å². The van der Waals surface area contributed by atoms with E-state index >= 15 is 0 Å². The zero-order valence-corrected chi connectivity index (χ0v) is 28.5. The van der Waals surface area contributed by atoms with Crippen molar-refractivity contribution in [2.75, 3.05) is 4.90 Å². The largest absolute Gasteiger partial charge is 0.334 e. The van der Waals surface area contributed by atoms with Crippen molar-refractivity contribution in [3.8, 4) is 16.8 Å². The van der Waals surface area contributed by atoms with Crippen molar-refractivity contribution in [1.29, 1.82) is 0 Å². The summed E-state index contributed by atoms with van der Waals surface area (Å²) in [5.74, 6) is 0.277. The predicted octanol–water partition coefficient (Wildman–Crippen LogP) is 11.7. The second kappa shape index (κ2) is 11.2. The number of dihydropyridines is 1. The first kappa shape index (κ1) is 28.8. The number of nitrogens with zero attached hydrogens (tertiary/aromatic N) is 4. The monoisotopic (exact) mass is 672 g/mol. The van der Waals surface area contributed by atoms with Gasteiger partial charge in [0.15, 0.2) is 0 Å². The lowest BCUT2D eigenvalue weighted by molar-refractivity contribution is 0.624. The van der Waals surface area contributed by atoms with Crippen LogP contribution in [0.1, 0.15) is 29.6 Å². The lowest BCUT2D eigenvalue weighted by atomic mass is 9.88. The van der Waals surface area contributed by atoms with Crippen LogP contribution >= 0.6 is 11.3 Å². The first-order valence-corrected chi connectivity index (χ1v) is 18.5. The van der Waals surface area contributed by atoms with Gasteiger partial charge in [-0.2, -0.15) is 0 Å². The molecule has 51 heavy (non-hydrogen) atoms. The Morgan fingerprint density at radius 2 is 1.43 bits per heavy atom. The van der Waals surface area contributed by atoms with E-state index in [4.69, 9.17) is 9.98 Å². The molecule has 0 amide bonds. The number of aromatic nitrogens is 2. The molecule has 0 radical (unpaired) electrons. The molecule has 0 fully saturated rings. The van der Waals surface area contributed by atoms with Crippen LogP contribution in [-0.2, 0) is 0 Å². The summed E-state index contributed by atoms with van der Waals surface area (Å²) in [6.07, 6.45) is 15.9. The molecule has 0 saturated heterocycles. The minimum atomic E-state index is 0.0425. The molecule has 0 spiro atoms. The first-order chi connectivity index (χ1) is 25.3. The van der Waals surface area contributed by atoms with Crippen LogP contribution in [0.2, 0.25) is 0 Å². The van der Waals surface area contributed by atoms with E-state index < -0.39 is 0 Å². The molecule has 0 bridgehead atoms. The van der Waals surface area contributed by atoms with E-state index in [-0.39, 0.29) is 18.0 Å². The molecule has 4 nitrogen and oxygen atoms in total. The summed E-state index contributed by atoms with van der Waals surface area (Å²) in [7, 11) is 0. The van der Waals surface area contributed by atoms with Gasteiger partial charge in [0.1, 0.15) is 6.04 Å². The zero-order valence-electron chi connectivity index (χ0n) is 27.7. The molecule has 3 atom stereocenters. The van der Waals surface area contributed by atoms with Gasteiger partial charge in [0.25, 0.3) is 0 Å². The molecule has 11 rings (SSSR count). The van der Waals surface area contributed by atoms with E-state index in [2.05, 4.69) is 155 Å². The van der Waals surface area contributed by atoms with Crippen molar-refractivity contribution >= 4 is 65.2 Å². The number of anilines is 1. The fraction of sp³-hybridized carbons (Fsp3) is 0.0870. The molecular weight excluding hydrogens is 641 g/mol. The number of aliphatic imine (C=N–C) groups is 1. The molecule has 0 saturated carbocycles. The highest BCUT2D eigenvalue weighted by Gasteiger charge is 2.40. The van der Waals surface area contributed by atoms with E-state index in [0.717, 1.165) is 12.1 Å². The molecular formula is C46H32N4S. The van der Waals surface area contributed by atoms with Crippen molar-refractivity contribution in [3.63, 3.8) is 0 Å². The van der Waals surface area contributed by atoms with Crippen molar-refractivity contribution in [2.45, 2.75) is 24.4 Å². The van der Waals surface area contributed by atoms with E-state index in [1.165, 1.54) is 75.7 Å². The Kier molecular flexibility index (Phi) is 6.34. The van der Waals surface area contributed by atoms with E-state index in [1.807, 2.05) is 29.8 Å². The first-order valence-electron chi connectivity index (χ1n) is 17.7. The maximum absolute atomic E-state index is 4.82. The highest BCUT2D eigenvalue weighted by Crippen LogP contribution is 2.47. The van der Waals surface area contributed by atoms with Crippen molar-refractivity contribution < 1.29 is 0 Å². The third kappa shape index (κ3) is 4.44. The number of rotatable bonds is 4. The molecule has 1 aliphatic carbocycles. The molecule has 3 unspecified atom stereocenters. The van der Waals surface area contributed by atoms with Crippen LogP contribution < -0.4 is 4.90 Å². The topological polar surface area (TPSA) is 33.4 Å². The third-order valence-electron chi connectivity index (χ3n) is 10.9. The number of hydrogen-bond acceptors (Lipinski definition) is 4. The van der Waals surface area contributed by atoms with Crippen molar-refractivity contribution in [1.82, 2.24) is 9.55 Å². The SMILES string of the molecule is C1=CC(c2cccc(-c3ccc4sc5ccc(-n6c7ccccc7c7ccccc76)cc5c4c3)c2)CC(N2c3cccnc3C3N=CC=CC32)=C1. The van der Waals surface area contributed by atoms with Crippen LogP contribution in [0.3, 0.4) is 0 Å². The minimum absolute atomic E-state index is 0.0425. The van der Waals surface area contributed by atoms with Gasteiger partial charge >= 0.3 is 0 Å². The Labute approximate surface area is 299 Å². The highest BCUT2D eigenvalue weighted by molar-refractivity contribution is 7.25. The van der Waals surface area contributed by atoms with Crippen molar-refractivity contribution in [2.24, 2.45) is 4.99 Å². The number of thiophene rings is 1. The molecule has 0 N–H and O–H groups in total. The predicted molar refractivity (Wildman–Crippen MR) is 215 cm³/mol. The average molecular weight is 673 g/mol. The van der Waals surface area contributed by atoms with Gasteiger partial charge in [-0.3, -0.25) is 9.98 Å². The average Bonchev–Trinajstić information content (AvgIpc) is 3.85. The third-order valence-corrected chi connectivity index (χ3v) is 12.1. The molecule has 8 aromatic rings. The fourth-order valence-corrected chi connectivity index (χ4v) is 9.68. The van der Waals surface area contributed by atoms with Crippen LogP contribution in [0, 0.1) is 0 Å². The van der Waals surface area contributed by atoms with Crippen LogP contribution in [0.4, 0.5) is 5.69 Å². The molecule has 3 aliphatic rings.